The van der Waals surface area contributed by atoms with Gasteiger partial charge in [-0.2, -0.15) is 0 Å². The highest BCUT2D eigenvalue weighted by atomic mass is 16.5. The summed E-state index contributed by atoms with van der Waals surface area (Å²) in [5.74, 6) is 1.33. The Morgan fingerprint density at radius 2 is 1.86 bits per heavy atom. The average Bonchev–Trinajstić information content (AvgIpc) is 2.44. The van der Waals surface area contributed by atoms with Crippen molar-refractivity contribution in [2.75, 3.05) is 33.4 Å². The summed E-state index contributed by atoms with van der Waals surface area (Å²) < 4.78 is 16.6. The third kappa shape index (κ3) is 4.88. The van der Waals surface area contributed by atoms with Crippen LogP contribution in [0, 0.1) is 0 Å². The molecule has 0 unspecified atom stereocenters. The number of β-amino-alcohol motifs (C(OH)–C–C–N with tert-alkyl or cyclic N) is 1. The van der Waals surface area contributed by atoms with Gasteiger partial charge in [-0.05, 0) is 26.0 Å². The van der Waals surface area contributed by atoms with E-state index in [1.807, 2.05) is 24.3 Å². The molecule has 0 saturated carbocycles. The molecular formula is C16H25NO4. The molecule has 21 heavy (non-hydrogen) atoms. The van der Waals surface area contributed by atoms with Crippen molar-refractivity contribution in [2.24, 2.45) is 0 Å². The zero-order chi connectivity index (χ0) is 15.2. The molecule has 5 nitrogen and oxygen atoms in total. The van der Waals surface area contributed by atoms with E-state index in [1.165, 1.54) is 0 Å². The van der Waals surface area contributed by atoms with E-state index in [9.17, 15) is 5.11 Å². The summed E-state index contributed by atoms with van der Waals surface area (Å²) in [7, 11) is 1.61. The van der Waals surface area contributed by atoms with Gasteiger partial charge >= 0.3 is 0 Å². The van der Waals surface area contributed by atoms with Crippen LogP contribution < -0.4 is 9.47 Å². The van der Waals surface area contributed by atoms with Crippen molar-refractivity contribution in [1.82, 2.24) is 4.90 Å². The van der Waals surface area contributed by atoms with Gasteiger partial charge in [-0.1, -0.05) is 12.1 Å². The summed E-state index contributed by atoms with van der Waals surface area (Å²) in [5, 5.41) is 10.2. The van der Waals surface area contributed by atoms with Crippen LogP contribution in [-0.4, -0.2) is 61.7 Å². The lowest BCUT2D eigenvalue weighted by atomic mass is 10.2. The maximum Gasteiger partial charge on any atom is 0.161 e. The molecule has 1 saturated heterocycles. The van der Waals surface area contributed by atoms with Gasteiger partial charge in [-0.25, -0.2) is 0 Å². The van der Waals surface area contributed by atoms with Crippen LogP contribution in [0.5, 0.6) is 11.5 Å². The maximum absolute atomic E-state index is 10.2. The van der Waals surface area contributed by atoms with Crippen molar-refractivity contribution in [1.29, 1.82) is 0 Å². The first-order valence-corrected chi connectivity index (χ1v) is 7.40. The molecule has 2 rings (SSSR count). The maximum atomic E-state index is 10.2. The number of methoxy groups -OCH3 is 1. The van der Waals surface area contributed by atoms with Crippen LogP contribution in [-0.2, 0) is 4.74 Å². The van der Waals surface area contributed by atoms with Crippen LogP contribution in [0.4, 0.5) is 0 Å². The number of rotatable bonds is 6. The molecule has 0 amide bonds. The molecule has 3 atom stereocenters. The van der Waals surface area contributed by atoms with Crippen molar-refractivity contribution in [3.05, 3.63) is 24.3 Å². The van der Waals surface area contributed by atoms with Crippen LogP contribution >= 0.6 is 0 Å². The number of aliphatic hydroxyl groups excluding tert-OH is 1. The SMILES string of the molecule is COc1ccccc1OC[C@@H](O)CN1C[C@H](C)O[C@@H](C)C1. The zero-order valence-corrected chi connectivity index (χ0v) is 13.0. The van der Waals surface area contributed by atoms with Gasteiger partial charge in [0.2, 0.25) is 0 Å². The predicted molar refractivity (Wildman–Crippen MR) is 80.9 cm³/mol. The molecular weight excluding hydrogens is 270 g/mol. The third-order valence-corrected chi connectivity index (χ3v) is 3.46. The lowest BCUT2D eigenvalue weighted by molar-refractivity contribution is -0.0787. The highest BCUT2D eigenvalue weighted by Crippen LogP contribution is 2.25. The number of nitrogens with zero attached hydrogens (tertiary/aromatic N) is 1. The first-order chi connectivity index (χ1) is 10.1. The Kier molecular flexibility index (Phi) is 5.85. The second-order valence-electron chi connectivity index (χ2n) is 5.59. The molecule has 0 aromatic heterocycles. The van der Waals surface area contributed by atoms with Crippen LogP contribution in [0.3, 0.4) is 0 Å². The first-order valence-electron chi connectivity index (χ1n) is 7.40. The van der Waals surface area contributed by atoms with Crippen LogP contribution in [0.2, 0.25) is 0 Å². The second-order valence-corrected chi connectivity index (χ2v) is 5.59. The summed E-state index contributed by atoms with van der Waals surface area (Å²) >= 11 is 0. The average molecular weight is 295 g/mol. The van der Waals surface area contributed by atoms with Gasteiger partial charge in [0.15, 0.2) is 11.5 Å². The lowest BCUT2D eigenvalue weighted by Crippen LogP contribution is -2.48. The van der Waals surface area contributed by atoms with Crippen molar-refractivity contribution in [2.45, 2.75) is 32.2 Å². The number of ether oxygens (including phenoxy) is 3. The Hall–Kier alpha value is -1.30. The van der Waals surface area contributed by atoms with Crippen molar-refractivity contribution in [3.8, 4) is 11.5 Å². The minimum absolute atomic E-state index is 0.205. The Morgan fingerprint density at radius 1 is 1.24 bits per heavy atom. The molecule has 0 bridgehead atoms. The van der Waals surface area contributed by atoms with Gasteiger partial charge in [0, 0.05) is 19.6 Å². The number of hydrogen-bond donors (Lipinski definition) is 1. The second kappa shape index (κ2) is 7.64. The van der Waals surface area contributed by atoms with E-state index in [2.05, 4.69) is 18.7 Å². The number of aliphatic hydroxyl groups is 1. The smallest absolute Gasteiger partial charge is 0.161 e. The molecule has 1 aliphatic rings. The van der Waals surface area contributed by atoms with E-state index in [4.69, 9.17) is 14.2 Å². The van der Waals surface area contributed by atoms with Crippen LogP contribution in [0.15, 0.2) is 24.3 Å². The van der Waals surface area contributed by atoms with E-state index in [0.29, 0.717) is 18.0 Å². The van der Waals surface area contributed by atoms with Gasteiger partial charge < -0.3 is 19.3 Å². The fraction of sp³-hybridized carbons (Fsp3) is 0.625. The van der Waals surface area contributed by atoms with Crippen molar-refractivity contribution < 1.29 is 19.3 Å². The Morgan fingerprint density at radius 3 is 2.48 bits per heavy atom. The topological polar surface area (TPSA) is 51.2 Å². The highest BCUT2D eigenvalue weighted by Gasteiger charge is 2.24. The fourth-order valence-corrected chi connectivity index (χ4v) is 2.71. The molecule has 1 fully saturated rings. The number of para-hydroxylation sites is 2. The highest BCUT2D eigenvalue weighted by molar-refractivity contribution is 5.39. The number of benzene rings is 1. The molecule has 1 aliphatic heterocycles. The minimum atomic E-state index is -0.535. The Labute approximate surface area is 126 Å². The summed E-state index contributed by atoms with van der Waals surface area (Å²) in [4.78, 5) is 2.22. The molecule has 0 aliphatic carbocycles. The van der Waals surface area contributed by atoms with Crippen LogP contribution in [0.1, 0.15) is 13.8 Å². The molecule has 1 aromatic rings. The van der Waals surface area contributed by atoms with E-state index in [1.54, 1.807) is 7.11 Å². The Bertz CT molecular complexity index is 430. The minimum Gasteiger partial charge on any atom is -0.493 e. The summed E-state index contributed by atoms with van der Waals surface area (Å²) in [6.07, 6.45) is -0.125. The molecule has 1 aromatic carbocycles. The largest absolute Gasteiger partial charge is 0.493 e. The quantitative estimate of drug-likeness (QED) is 0.863. The summed E-state index contributed by atoms with van der Waals surface area (Å²) in [6, 6.07) is 7.45. The lowest BCUT2D eigenvalue weighted by Gasteiger charge is -2.36. The van der Waals surface area contributed by atoms with Gasteiger partial charge in [-0.3, -0.25) is 4.90 Å². The number of hydrogen-bond acceptors (Lipinski definition) is 5. The van der Waals surface area contributed by atoms with E-state index < -0.39 is 6.10 Å². The van der Waals surface area contributed by atoms with Gasteiger partial charge in [0.25, 0.3) is 0 Å². The molecule has 1 heterocycles. The number of morpholine rings is 1. The van der Waals surface area contributed by atoms with Crippen molar-refractivity contribution >= 4 is 0 Å². The van der Waals surface area contributed by atoms with Crippen molar-refractivity contribution in [3.63, 3.8) is 0 Å². The summed E-state index contributed by atoms with van der Waals surface area (Å²) in [6.45, 7) is 6.64. The monoisotopic (exact) mass is 295 g/mol. The van der Waals surface area contributed by atoms with Gasteiger partial charge in [0.1, 0.15) is 12.7 Å². The predicted octanol–water partition coefficient (Wildman–Crippen LogP) is 1.54. The fourth-order valence-electron chi connectivity index (χ4n) is 2.71. The molecule has 5 heteroatoms. The van der Waals surface area contributed by atoms with Gasteiger partial charge in [-0.15, -0.1) is 0 Å². The normalized spacial score (nSPS) is 24.6. The van der Waals surface area contributed by atoms with Gasteiger partial charge in [0.05, 0.1) is 19.3 Å². The Balaban J connectivity index is 1.80. The van der Waals surface area contributed by atoms with E-state index in [-0.39, 0.29) is 18.8 Å². The van der Waals surface area contributed by atoms with E-state index >= 15 is 0 Å². The molecule has 1 N–H and O–H groups in total. The third-order valence-electron chi connectivity index (χ3n) is 3.46. The van der Waals surface area contributed by atoms with Crippen LogP contribution in [0.25, 0.3) is 0 Å². The molecule has 0 spiro atoms. The molecule has 118 valence electrons. The molecule has 0 radical (unpaired) electrons. The first kappa shape index (κ1) is 16.1. The van der Waals surface area contributed by atoms with E-state index in [0.717, 1.165) is 13.1 Å². The summed E-state index contributed by atoms with van der Waals surface area (Å²) in [5.41, 5.74) is 0. The zero-order valence-electron chi connectivity index (χ0n) is 13.0. The standard InChI is InChI=1S/C16H25NO4/c1-12-8-17(9-13(2)21-12)10-14(18)11-20-16-7-5-4-6-15(16)19-3/h4-7,12-14,18H,8-11H2,1-3H3/t12-,13-,14-/m0/s1.